The molecule has 1 aliphatic heterocycles. The van der Waals surface area contributed by atoms with Gasteiger partial charge in [-0.15, -0.1) is 11.3 Å². The lowest BCUT2D eigenvalue weighted by molar-refractivity contribution is 0.0801. The molecular formula is C18H18N4O2S. The minimum Gasteiger partial charge on any atom is -0.337 e. The van der Waals surface area contributed by atoms with E-state index in [1.165, 1.54) is 11.3 Å². The zero-order valence-electron chi connectivity index (χ0n) is 13.7. The Hall–Kier alpha value is -2.38. The highest BCUT2D eigenvalue weighted by molar-refractivity contribution is 7.12. The number of Topliss-reactive ketones (excluding diaryl/α,β-unsaturated/α-hetero) is 1. The highest BCUT2D eigenvalue weighted by atomic mass is 32.1. The molecule has 1 aliphatic rings. The Morgan fingerprint density at radius 1 is 1.32 bits per heavy atom. The highest BCUT2D eigenvalue weighted by Crippen LogP contribution is 2.24. The number of piperidine rings is 1. The summed E-state index contributed by atoms with van der Waals surface area (Å²) >= 11 is 1.51. The second-order valence-electron chi connectivity index (χ2n) is 6.14. The summed E-state index contributed by atoms with van der Waals surface area (Å²) in [4.78, 5) is 24.3. The van der Waals surface area contributed by atoms with Gasteiger partial charge in [-0.3, -0.25) is 14.7 Å². The van der Waals surface area contributed by atoms with Crippen LogP contribution in [0.15, 0.2) is 46.4 Å². The topological polar surface area (TPSA) is 72.1 Å². The molecule has 0 spiro atoms. The minimum absolute atomic E-state index is 0.0468. The summed E-state index contributed by atoms with van der Waals surface area (Å²) in [6, 6.07) is 9.43. The van der Waals surface area contributed by atoms with Gasteiger partial charge in [-0.1, -0.05) is 17.3 Å². The van der Waals surface area contributed by atoms with Crippen LogP contribution in [0.1, 0.15) is 28.4 Å². The molecular weight excluding hydrogens is 336 g/mol. The molecule has 0 N–H and O–H groups in total. The Balaban J connectivity index is 1.41. The van der Waals surface area contributed by atoms with Crippen LogP contribution in [-0.2, 0) is 6.54 Å². The van der Waals surface area contributed by atoms with E-state index in [0.29, 0.717) is 24.0 Å². The number of likely N-dealkylation sites (tertiary alicyclic amines) is 1. The van der Waals surface area contributed by atoms with Gasteiger partial charge >= 0.3 is 0 Å². The lowest BCUT2D eigenvalue weighted by atomic mass is 9.93. The van der Waals surface area contributed by atoms with Gasteiger partial charge in [0, 0.05) is 18.7 Å². The van der Waals surface area contributed by atoms with Gasteiger partial charge in [0.25, 0.3) is 0 Å². The third-order valence-corrected chi connectivity index (χ3v) is 5.25. The number of ketones is 1. The molecule has 3 aromatic rings. The van der Waals surface area contributed by atoms with E-state index in [1.807, 2.05) is 35.7 Å². The second-order valence-corrected chi connectivity index (χ2v) is 7.09. The number of hydrogen-bond donors (Lipinski definition) is 0. The van der Waals surface area contributed by atoms with Crippen LogP contribution in [-0.4, -0.2) is 38.9 Å². The fourth-order valence-corrected chi connectivity index (χ4v) is 3.89. The first-order chi connectivity index (χ1) is 12.3. The van der Waals surface area contributed by atoms with E-state index in [-0.39, 0.29) is 11.7 Å². The summed E-state index contributed by atoms with van der Waals surface area (Å²) in [5.41, 5.74) is 0.696. The Morgan fingerprint density at radius 3 is 3.08 bits per heavy atom. The maximum absolute atomic E-state index is 12.6. The normalized spacial score (nSPS) is 18.3. The summed E-state index contributed by atoms with van der Waals surface area (Å²) in [5, 5.41) is 5.96. The van der Waals surface area contributed by atoms with Gasteiger partial charge in [0.15, 0.2) is 5.78 Å². The largest absolute Gasteiger partial charge is 0.337 e. The zero-order chi connectivity index (χ0) is 17.1. The van der Waals surface area contributed by atoms with Crippen LogP contribution >= 0.6 is 11.3 Å². The van der Waals surface area contributed by atoms with E-state index < -0.39 is 0 Å². The molecule has 0 aliphatic carbocycles. The maximum atomic E-state index is 12.6. The van der Waals surface area contributed by atoms with Crippen LogP contribution in [0.2, 0.25) is 0 Å². The summed E-state index contributed by atoms with van der Waals surface area (Å²) in [6.45, 7) is 2.24. The fourth-order valence-electron chi connectivity index (χ4n) is 3.14. The summed E-state index contributed by atoms with van der Waals surface area (Å²) in [7, 11) is 0. The second kappa shape index (κ2) is 7.25. The smallest absolute Gasteiger partial charge is 0.241 e. The lowest BCUT2D eigenvalue weighted by Gasteiger charge is -2.30. The van der Waals surface area contributed by atoms with Crippen LogP contribution < -0.4 is 0 Å². The zero-order valence-corrected chi connectivity index (χ0v) is 14.5. The van der Waals surface area contributed by atoms with Crippen molar-refractivity contribution in [1.82, 2.24) is 20.0 Å². The molecule has 3 aromatic heterocycles. The molecule has 1 fully saturated rings. The number of nitrogens with zero attached hydrogens (tertiary/aromatic N) is 4. The molecule has 0 amide bonds. The molecule has 7 heteroatoms. The Morgan fingerprint density at radius 2 is 2.28 bits per heavy atom. The van der Waals surface area contributed by atoms with Crippen molar-refractivity contribution in [3.63, 3.8) is 0 Å². The van der Waals surface area contributed by atoms with Gasteiger partial charge < -0.3 is 4.52 Å². The van der Waals surface area contributed by atoms with Crippen molar-refractivity contribution in [3.05, 3.63) is 52.7 Å². The molecule has 0 bridgehead atoms. The third kappa shape index (κ3) is 3.67. The number of hydrogen-bond acceptors (Lipinski definition) is 7. The highest BCUT2D eigenvalue weighted by Gasteiger charge is 2.28. The maximum Gasteiger partial charge on any atom is 0.241 e. The molecule has 0 radical (unpaired) electrons. The number of thiophene rings is 1. The van der Waals surface area contributed by atoms with E-state index in [4.69, 9.17) is 4.52 Å². The average Bonchev–Trinajstić information content (AvgIpc) is 3.34. The van der Waals surface area contributed by atoms with Gasteiger partial charge in [-0.05, 0) is 43.0 Å². The Labute approximate surface area is 149 Å². The van der Waals surface area contributed by atoms with E-state index in [2.05, 4.69) is 20.0 Å². The molecule has 0 aromatic carbocycles. The van der Waals surface area contributed by atoms with Crippen LogP contribution in [0, 0.1) is 5.92 Å². The number of carbonyl (C=O) groups excluding carboxylic acids is 1. The number of carbonyl (C=O) groups is 1. The molecule has 4 rings (SSSR count). The Kier molecular flexibility index (Phi) is 4.67. The molecule has 25 heavy (non-hydrogen) atoms. The van der Waals surface area contributed by atoms with E-state index in [0.717, 1.165) is 30.8 Å². The predicted molar refractivity (Wildman–Crippen MR) is 94.2 cm³/mol. The third-order valence-electron chi connectivity index (χ3n) is 4.36. The van der Waals surface area contributed by atoms with Crippen molar-refractivity contribution in [1.29, 1.82) is 0 Å². The molecule has 1 atom stereocenters. The first kappa shape index (κ1) is 16.1. The number of rotatable bonds is 5. The van der Waals surface area contributed by atoms with Gasteiger partial charge in [0.05, 0.1) is 11.4 Å². The van der Waals surface area contributed by atoms with Gasteiger partial charge in [-0.25, -0.2) is 0 Å². The van der Waals surface area contributed by atoms with E-state index in [9.17, 15) is 4.79 Å². The van der Waals surface area contributed by atoms with Crippen molar-refractivity contribution >= 4 is 17.1 Å². The van der Waals surface area contributed by atoms with Crippen molar-refractivity contribution < 1.29 is 9.32 Å². The Bertz CT molecular complexity index is 832. The van der Waals surface area contributed by atoms with Crippen LogP contribution in [0.5, 0.6) is 0 Å². The van der Waals surface area contributed by atoms with Crippen LogP contribution in [0.3, 0.4) is 0 Å². The minimum atomic E-state index is 0.0468. The molecule has 4 heterocycles. The average molecular weight is 354 g/mol. The van der Waals surface area contributed by atoms with Crippen molar-refractivity contribution in [2.24, 2.45) is 5.92 Å². The van der Waals surface area contributed by atoms with Crippen molar-refractivity contribution in [3.8, 4) is 11.5 Å². The van der Waals surface area contributed by atoms with Crippen LogP contribution in [0.25, 0.3) is 11.5 Å². The summed E-state index contributed by atoms with van der Waals surface area (Å²) in [6.07, 6.45) is 3.65. The molecule has 6 nitrogen and oxygen atoms in total. The number of pyridine rings is 1. The molecule has 0 saturated carbocycles. The van der Waals surface area contributed by atoms with Crippen LogP contribution in [0.4, 0.5) is 0 Å². The van der Waals surface area contributed by atoms with Gasteiger partial charge in [-0.2, -0.15) is 4.98 Å². The predicted octanol–water partition coefficient (Wildman–Crippen LogP) is 3.29. The summed E-state index contributed by atoms with van der Waals surface area (Å²) in [5.74, 6) is 1.36. The van der Waals surface area contributed by atoms with Gasteiger partial charge in [0.2, 0.25) is 11.7 Å². The van der Waals surface area contributed by atoms with Crippen molar-refractivity contribution in [2.75, 3.05) is 13.1 Å². The first-order valence-electron chi connectivity index (χ1n) is 8.33. The SMILES string of the molecule is O=C(c1cccs1)[C@H]1CCCN(Cc2nc(-c3ccccn3)no2)C1. The number of aromatic nitrogens is 3. The quantitative estimate of drug-likeness (QED) is 0.655. The standard InChI is InChI=1S/C18H18N4O2S/c23-17(15-7-4-10-25-15)13-5-3-9-22(11-13)12-16-20-18(21-24-16)14-6-1-2-8-19-14/h1-2,4,6-8,10,13H,3,5,9,11-12H2/t13-/m0/s1. The molecule has 1 saturated heterocycles. The monoisotopic (exact) mass is 354 g/mol. The molecule has 128 valence electrons. The lowest BCUT2D eigenvalue weighted by Crippen LogP contribution is -2.38. The fraction of sp³-hybridized carbons (Fsp3) is 0.333. The van der Waals surface area contributed by atoms with Gasteiger partial charge in [0.1, 0.15) is 5.69 Å². The van der Waals surface area contributed by atoms with E-state index in [1.54, 1.807) is 6.20 Å². The van der Waals surface area contributed by atoms with E-state index >= 15 is 0 Å². The first-order valence-corrected chi connectivity index (χ1v) is 9.21. The summed E-state index contributed by atoms with van der Waals surface area (Å²) < 4.78 is 5.36. The molecule has 0 unspecified atom stereocenters. The van der Waals surface area contributed by atoms with Crippen molar-refractivity contribution in [2.45, 2.75) is 19.4 Å².